The third-order valence-corrected chi connectivity index (χ3v) is 1.93. The van der Waals surface area contributed by atoms with Crippen molar-refractivity contribution in [2.24, 2.45) is 0 Å². The minimum atomic E-state index is 0.236. The predicted molar refractivity (Wildman–Crippen MR) is 51.2 cm³/mol. The fourth-order valence-corrected chi connectivity index (χ4v) is 1.20. The summed E-state index contributed by atoms with van der Waals surface area (Å²) in [5, 5.41) is 17.1. The van der Waals surface area contributed by atoms with Gasteiger partial charge in [0.25, 0.3) is 0 Å². The number of aliphatic hydroxyl groups excluding tert-OH is 1. The molecule has 0 saturated heterocycles. The highest BCUT2D eigenvalue weighted by molar-refractivity contribution is 5.24. The first kappa shape index (κ1) is 9.76. The van der Waals surface area contributed by atoms with Gasteiger partial charge in [-0.2, -0.15) is 5.26 Å². The Morgan fingerprint density at radius 2 is 1.77 bits per heavy atom. The van der Waals surface area contributed by atoms with Crippen LogP contribution in [0.2, 0.25) is 0 Å². The van der Waals surface area contributed by atoms with Gasteiger partial charge in [0.1, 0.15) is 0 Å². The van der Waals surface area contributed by atoms with E-state index in [2.05, 4.69) is 6.07 Å². The minimum absolute atomic E-state index is 0.236. The zero-order chi connectivity index (χ0) is 9.52. The molecule has 0 atom stereocenters. The average molecular weight is 175 g/mol. The molecule has 13 heavy (non-hydrogen) atoms. The van der Waals surface area contributed by atoms with Gasteiger partial charge in [-0.15, -0.1) is 0 Å². The second-order valence-corrected chi connectivity index (χ2v) is 2.98. The van der Waals surface area contributed by atoms with Crippen LogP contribution in [0.1, 0.15) is 17.5 Å². The number of hydrogen-bond acceptors (Lipinski definition) is 2. The van der Waals surface area contributed by atoms with Gasteiger partial charge in [0.2, 0.25) is 0 Å². The van der Waals surface area contributed by atoms with Gasteiger partial charge in [-0.3, -0.25) is 0 Å². The number of nitrogens with zero attached hydrogens (tertiary/aromatic N) is 1. The first-order chi connectivity index (χ1) is 6.36. The number of hydrogen-bond donors (Lipinski definition) is 1. The molecule has 0 aliphatic carbocycles. The molecule has 0 saturated carbocycles. The van der Waals surface area contributed by atoms with Crippen molar-refractivity contribution in [3.63, 3.8) is 0 Å². The Bertz CT molecular complexity index is 284. The second-order valence-electron chi connectivity index (χ2n) is 2.98. The molecule has 0 aliphatic rings. The van der Waals surface area contributed by atoms with Gasteiger partial charge in [0.05, 0.1) is 12.5 Å². The maximum absolute atomic E-state index is 8.62. The van der Waals surface area contributed by atoms with Crippen molar-refractivity contribution in [1.29, 1.82) is 5.26 Å². The molecular formula is C11H13NO. The summed E-state index contributed by atoms with van der Waals surface area (Å²) in [6.45, 7) is 0.236. The van der Waals surface area contributed by atoms with E-state index in [1.54, 1.807) is 0 Å². The molecule has 1 aromatic carbocycles. The molecule has 2 nitrogen and oxygen atoms in total. The molecule has 0 bridgehead atoms. The zero-order valence-electron chi connectivity index (χ0n) is 7.53. The summed E-state index contributed by atoms with van der Waals surface area (Å²) in [4.78, 5) is 0. The van der Waals surface area contributed by atoms with Gasteiger partial charge in [0.15, 0.2) is 0 Å². The summed E-state index contributed by atoms with van der Waals surface area (Å²) in [6.07, 6.45) is 2.18. The number of aryl methyl sites for hydroxylation is 1. The number of aliphatic hydroxyl groups is 1. The molecule has 1 rings (SSSR count). The van der Waals surface area contributed by atoms with Crippen LogP contribution in [0.15, 0.2) is 24.3 Å². The predicted octanol–water partition coefficient (Wildman–Crippen LogP) is 1.68. The maximum Gasteiger partial charge on any atom is 0.0669 e. The Morgan fingerprint density at radius 3 is 2.31 bits per heavy atom. The maximum atomic E-state index is 8.62. The molecular weight excluding hydrogens is 162 g/mol. The Hall–Kier alpha value is -1.33. The molecule has 68 valence electrons. The molecule has 0 aliphatic heterocycles. The third-order valence-electron chi connectivity index (χ3n) is 1.93. The van der Waals surface area contributed by atoms with Crippen molar-refractivity contribution in [1.82, 2.24) is 0 Å². The zero-order valence-corrected chi connectivity index (χ0v) is 7.53. The molecule has 0 amide bonds. The smallest absolute Gasteiger partial charge is 0.0669 e. The van der Waals surface area contributed by atoms with E-state index in [1.807, 2.05) is 24.3 Å². The lowest BCUT2D eigenvalue weighted by molar-refractivity contribution is 0.288. The van der Waals surface area contributed by atoms with Crippen LogP contribution in [0, 0.1) is 11.3 Å². The van der Waals surface area contributed by atoms with E-state index in [-0.39, 0.29) is 6.61 Å². The summed E-state index contributed by atoms with van der Waals surface area (Å²) in [5.41, 5.74) is 2.27. The van der Waals surface area contributed by atoms with E-state index in [0.717, 1.165) is 18.4 Å². The number of benzene rings is 1. The monoisotopic (exact) mass is 175 g/mol. The van der Waals surface area contributed by atoms with Gasteiger partial charge < -0.3 is 5.11 Å². The van der Waals surface area contributed by atoms with E-state index >= 15 is 0 Å². The summed E-state index contributed by atoms with van der Waals surface area (Å²) in [5.74, 6) is 0. The average Bonchev–Trinajstić information content (AvgIpc) is 2.17. The van der Waals surface area contributed by atoms with Crippen LogP contribution in [0.4, 0.5) is 0 Å². The quantitative estimate of drug-likeness (QED) is 0.756. The van der Waals surface area contributed by atoms with Gasteiger partial charge in [-0.25, -0.2) is 0 Å². The van der Waals surface area contributed by atoms with E-state index in [1.165, 1.54) is 5.56 Å². The Labute approximate surface area is 78.4 Å². The topological polar surface area (TPSA) is 44.0 Å². The van der Waals surface area contributed by atoms with Crippen molar-refractivity contribution < 1.29 is 5.11 Å². The summed E-state index contributed by atoms with van der Waals surface area (Å²) in [6, 6.07) is 10.1. The molecule has 0 radical (unpaired) electrons. The van der Waals surface area contributed by atoms with Crippen molar-refractivity contribution in [2.75, 3.05) is 6.61 Å². The Balaban J connectivity index is 2.55. The van der Waals surface area contributed by atoms with Crippen LogP contribution in [0.5, 0.6) is 0 Å². The van der Waals surface area contributed by atoms with Gasteiger partial charge >= 0.3 is 0 Å². The van der Waals surface area contributed by atoms with E-state index in [0.29, 0.717) is 6.42 Å². The Morgan fingerprint density at radius 1 is 1.15 bits per heavy atom. The lowest BCUT2D eigenvalue weighted by Crippen LogP contribution is -1.90. The highest BCUT2D eigenvalue weighted by atomic mass is 16.2. The summed E-state index contributed by atoms with van der Waals surface area (Å²) >= 11 is 0. The van der Waals surface area contributed by atoms with Gasteiger partial charge in [-0.1, -0.05) is 24.3 Å². The van der Waals surface area contributed by atoms with Gasteiger partial charge in [-0.05, 0) is 24.0 Å². The highest BCUT2D eigenvalue weighted by Gasteiger charge is 1.93. The molecule has 0 unspecified atom stereocenters. The van der Waals surface area contributed by atoms with Gasteiger partial charge in [0, 0.05) is 6.61 Å². The van der Waals surface area contributed by atoms with E-state index in [9.17, 15) is 0 Å². The molecule has 1 aromatic rings. The largest absolute Gasteiger partial charge is 0.396 e. The van der Waals surface area contributed by atoms with Crippen molar-refractivity contribution >= 4 is 0 Å². The molecule has 0 heterocycles. The highest BCUT2D eigenvalue weighted by Crippen LogP contribution is 2.06. The lowest BCUT2D eigenvalue weighted by atomic mass is 10.1. The summed E-state index contributed by atoms with van der Waals surface area (Å²) < 4.78 is 0. The molecule has 1 N–H and O–H groups in total. The lowest BCUT2D eigenvalue weighted by Gasteiger charge is -2.00. The number of rotatable bonds is 4. The standard InChI is InChI=1S/C11H13NO/c12-8-7-11-5-3-10(4-6-11)2-1-9-13/h3-6,13H,1-2,7,9H2. The fourth-order valence-electron chi connectivity index (χ4n) is 1.20. The normalized spacial score (nSPS) is 9.54. The van der Waals surface area contributed by atoms with E-state index < -0.39 is 0 Å². The van der Waals surface area contributed by atoms with Crippen LogP contribution in [-0.2, 0) is 12.8 Å². The summed E-state index contributed by atoms with van der Waals surface area (Å²) in [7, 11) is 0. The Kier molecular flexibility index (Phi) is 4.01. The van der Waals surface area contributed by atoms with E-state index in [4.69, 9.17) is 10.4 Å². The van der Waals surface area contributed by atoms with Crippen LogP contribution in [0.3, 0.4) is 0 Å². The first-order valence-electron chi connectivity index (χ1n) is 4.42. The first-order valence-corrected chi connectivity index (χ1v) is 4.42. The van der Waals surface area contributed by atoms with Crippen LogP contribution in [0.25, 0.3) is 0 Å². The molecule has 0 spiro atoms. The molecule has 0 fully saturated rings. The van der Waals surface area contributed by atoms with Crippen LogP contribution >= 0.6 is 0 Å². The molecule has 2 heteroatoms. The SMILES string of the molecule is N#CCc1ccc(CCCO)cc1. The molecule has 0 aromatic heterocycles. The minimum Gasteiger partial charge on any atom is -0.396 e. The third kappa shape index (κ3) is 3.27. The van der Waals surface area contributed by atoms with Crippen LogP contribution < -0.4 is 0 Å². The van der Waals surface area contributed by atoms with Crippen molar-refractivity contribution in [2.45, 2.75) is 19.3 Å². The van der Waals surface area contributed by atoms with Crippen molar-refractivity contribution in [3.05, 3.63) is 35.4 Å². The number of nitriles is 1. The van der Waals surface area contributed by atoms with Crippen molar-refractivity contribution in [3.8, 4) is 6.07 Å². The van der Waals surface area contributed by atoms with Crippen LogP contribution in [-0.4, -0.2) is 11.7 Å². The fraction of sp³-hybridized carbons (Fsp3) is 0.364. The second kappa shape index (κ2) is 5.34.